The van der Waals surface area contributed by atoms with Crippen molar-refractivity contribution >= 4 is 5.69 Å². The van der Waals surface area contributed by atoms with Gasteiger partial charge in [-0.1, -0.05) is 48.7 Å². The second kappa shape index (κ2) is 5.55. The normalized spacial score (nSPS) is 22.2. The van der Waals surface area contributed by atoms with Gasteiger partial charge in [0.25, 0.3) is 0 Å². The molecule has 0 aliphatic heterocycles. The van der Waals surface area contributed by atoms with Crippen LogP contribution in [0.3, 0.4) is 0 Å². The highest BCUT2D eigenvalue weighted by Crippen LogP contribution is 2.40. The average molecular weight is 282 g/mol. The monoisotopic (exact) mass is 282 g/mol. The minimum absolute atomic E-state index is 0.394. The maximum atomic E-state index is 5.30. The smallest absolute Gasteiger partial charge is 0.147 e. The van der Waals surface area contributed by atoms with E-state index in [2.05, 4.69) is 34.7 Å². The first-order chi connectivity index (χ1) is 10.4. The zero-order chi connectivity index (χ0) is 14.1. The Kier molecular flexibility index (Phi) is 3.42. The number of nitrogens with zero attached hydrogens (tertiary/aromatic N) is 1. The topological polar surface area (TPSA) is 38.1 Å². The number of anilines is 1. The molecule has 2 aliphatic rings. The van der Waals surface area contributed by atoms with E-state index in [0.717, 1.165) is 24.2 Å². The summed E-state index contributed by atoms with van der Waals surface area (Å²) in [6.45, 7) is 0. The second-order valence-electron chi connectivity index (χ2n) is 6.38. The van der Waals surface area contributed by atoms with Crippen LogP contribution in [0.4, 0.5) is 5.69 Å². The number of hydrogen-bond donors (Lipinski definition) is 1. The van der Waals surface area contributed by atoms with Crippen molar-refractivity contribution in [2.75, 3.05) is 5.32 Å². The highest BCUT2D eigenvalue weighted by Gasteiger charge is 2.29. The predicted molar refractivity (Wildman–Crippen MR) is 83.6 cm³/mol. The molecule has 1 fully saturated rings. The van der Waals surface area contributed by atoms with Gasteiger partial charge in [0.2, 0.25) is 0 Å². The Morgan fingerprint density at radius 1 is 1.05 bits per heavy atom. The molecule has 4 rings (SSSR count). The molecule has 1 N–H and O–H groups in total. The predicted octanol–water partition coefficient (Wildman–Crippen LogP) is 4.50. The summed E-state index contributed by atoms with van der Waals surface area (Å²) in [4.78, 5) is 0. The Labute approximate surface area is 125 Å². The fourth-order valence-corrected chi connectivity index (χ4v) is 3.91. The van der Waals surface area contributed by atoms with Crippen molar-refractivity contribution in [2.24, 2.45) is 0 Å². The number of rotatable bonds is 3. The van der Waals surface area contributed by atoms with Crippen LogP contribution in [0.15, 0.2) is 35.1 Å². The Bertz CT molecular complexity index is 613. The number of fused-ring (bicyclic) bond motifs is 1. The summed E-state index contributed by atoms with van der Waals surface area (Å²) >= 11 is 0. The fraction of sp³-hybridized carbons (Fsp3) is 0.500. The Balaban J connectivity index is 1.58. The molecule has 1 heterocycles. The largest absolute Gasteiger partial charge is 0.378 e. The van der Waals surface area contributed by atoms with E-state index in [9.17, 15) is 0 Å². The van der Waals surface area contributed by atoms with Crippen LogP contribution in [0.5, 0.6) is 0 Å². The van der Waals surface area contributed by atoms with Crippen LogP contribution < -0.4 is 5.32 Å². The molecular formula is C18H22N2O. The van der Waals surface area contributed by atoms with Crippen molar-refractivity contribution in [2.45, 2.75) is 56.9 Å². The van der Waals surface area contributed by atoms with Crippen LogP contribution in [-0.4, -0.2) is 11.2 Å². The number of benzene rings is 1. The van der Waals surface area contributed by atoms with Gasteiger partial charge < -0.3 is 9.84 Å². The highest BCUT2D eigenvalue weighted by atomic mass is 16.5. The quantitative estimate of drug-likeness (QED) is 0.901. The Morgan fingerprint density at radius 3 is 2.81 bits per heavy atom. The zero-order valence-electron chi connectivity index (χ0n) is 12.3. The van der Waals surface area contributed by atoms with Gasteiger partial charge in [0.05, 0.1) is 5.69 Å². The zero-order valence-corrected chi connectivity index (χ0v) is 12.3. The van der Waals surface area contributed by atoms with E-state index in [1.165, 1.54) is 43.2 Å². The lowest BCUT2D eigenvalue weighted by molar-refractivity contribution is 0.408. The van der Waals surface area contributed by atoms with Gasteiger partial charge >= 0.3 is 0 Å². The summed E-state index contributed by atoms with van der Waals surface area (Å²) in [5.41, 5.74) is 5.11. The number of hydrogen-bond acceptors (Lipinski definition) is 3. The van der Waals surface area contributed by atoms with E-state index in [1.54, 1.807) is 6.26 Å². The average Bonchev–Trinajstić information content (AvgIpc) is 3.14. The lowest BCUT2D eigenvalue weighted by Gasteiger charge is -2.24. The molecule has 1 aromatic heterocycles. The van der Waals surface area contributed by atoms with Crippen LogP contribution in [0.1, 0.15) is 61.3 Å². The Hall–Kier alpha value is -1.77. The molecule has 3 heteroatoms. The Morgan fingerprint density at radius 2 is 1.90 bits per heavy atom. The summed E-state index contributed by atoms with van der Waals surface area (Å²) in [6, 6.07) is 9.33. The van der Waals surface area contributed by atoms with Crippen molar-refractivity contribution < 1.29 is 4.52 Å². The van der Waals surface area contributed by atoms with Gasteiger partial charge in [-0.3, -0.25) is 0 Å². The van der Waals surface area contributed by atoms with Gasteiger partial charge in [0.15, 0.2) is 0 Å². The van der Waals surface area contributed by atoms with Crippen molar-refractivity contribution in [3.63, 3.8) is 0 Å². The van der Waals surface area contributed by atoms with E-state index < -0.39 is 0 Å². The van der Waals surface area contributed by atoms with Gasteiger partial charge in [0.1, 0.15) is 12.0 Å². The summed E-state index contributed by atoms with van der Waals surface area (Å²) in [5.74, 6) is 0.394. The molecule has 0 amide bonds. The molecular weight excluding hydrogens is 260 g/mol. The van der Waals surface area contributed by atoms with E-state index in [0.29, 0.717) is 12.0 Å². The van der Waals surface area contributed by atoms with E-state index in [4.69, 9.17) is 4.52 Å². The van der Waals surface area contributed by atoms with Gasteiger partial charge in [-0.2, -0.15) is 0 Å². The number of aromatic nitrogens is 1. The molecule has 0 saturated heterocycles. The minimum atomic E-state index is 0.394. The van der Waals surface area contributed by atoms with Crippen molar-refractivity contribution in [3.05, 3.63) is 47.3 Å². The van der Waals surface area contributed by atoms with Crippen molar-refractivity contribution in [1.82, 2.24) is 5.16 Å². The van der Waals surface area contributed by atoms with Gasteiger partial charge in [-0.05, 0) is 36.8 Å². The molecule has 0 bridgehead atoms. The molecule has 21 heavy (non-hydrogen) atoms. The highest BCUT2D eigenvalue weighted by molar-refractivity contribution is 5.53. The molecule has 0 spiro atoms. The lowest BCUT2D eigenvalue weighted by Crippen LogP contribution is -2.22. The summed E-state index contributed by atoms with van der Waals surface area (Å²) in [6.07, 6.45) is 10.7. The van der Waals surface area contributed by atoms with Crippen LogP contribution in [-0.2, 0) is 6.42 Å². The van der Waals surface area contributed by atoms with Gasteiger partial charge in [-0.25, -0.2) is 0 Å². The first-order valence-electron chi connectivity index (χ1n) is 8.20. The van der Waals surface area contributed by atoms with Crippen molar-refractivity contribution in [3.8, 4) is 0 Å². The molecule has 1 atom stereocenters. The lowest BCUT2D eigenvalue weighted by atomic mass is 9.94. The summed E-state index contributed by atoms with van der Waals surface area (Å²) in [7, 11) is 0. The summed E-state index contributed by atoms with van der Waals surface area (Å²) < 4.78 is 5.30. The van der Waals surface area contributed by atoms with Crippen LogP contribution in [0.2, 0.25) is 0 Å². The van der Waals surface area contributed by atoms with Crippen LogP contribution in [0.25, 0.3) is 0 Å². The first kappa shape index (κ1) is 12.9. The molecule has 2 aromatic rings. The third kappa shape index (κ3) is 2.45. The SMILES string of the molecule is c1ccc2c(c1)CCC2c1nocc1NC1CCCCC1. The van der Waals surface area contributed by atoms with Gasteiger partial charge in [-0.15, -0.1) is 0 Å². The molecule has 2 aliphatic carbocycles. The maximum absolute atomic E-state index is 5.30. The molecule has 1 aromatic carbocycles. The molecule has 0 radical (unpaired) electrons. The third-order valence-corrected chi connectivity index (χ3v) is 5.03. The van der Waals surface area contributed by atoms with Gasteiger partial charge in [0, 0.05) is 12.0 Å². The number of aryl methyl sites for hydroxylation is 1. The molecule has 1 saturated carbocycles. The number of nitrogens with one attached hydrogen (secondary N) is 1. The van der Waals surface area contributed by atoms with E-state index >= 15 is 0 Å². The standard InChI is InChI=1S/C18H22N2O/c1-2-7-14(8-3-1)19-17-12-21-20-18(17)16-11-10-13-6-4-5-9-15(13)16/h4-6,9,12,14,16,19H,1-3,7-8,10-11H2. The third-order valence-electron chi connectivity index (χ3n) is 5.03. The van der Waals surface area contributed by atoms with Crippen LogP contribution >= 0.6 is 0 Å². The molecule has 3 nitrogen and oxygen atoms in total. The molecule has 110 valence electrons. The second-order valence-corrected chi connectivity index (χ2v) is 6.38. The first-order valence-corrected chi connectivity index (χ1v) is 8.20. The maximum Gasteiger partial charge on any atom is 0.147 e. The van der Waals surface area contributed by atoms with Crippen LogP contribution in [0, 0.1) is 0 Å². The minimum Gasteiger partial charge on any atom is -0.378 e. The summed E-state index contributed by atoms with van der Waals surface area (Å²) in [5, 5.41) is 8.01. The van der Waals surface area contributed by atoms with Crippen molar-refractivity contribution in [1.29, 1.82) is 0 Å². The van der Waals surface area contributed by atoms with E-state index in [-0.39, 0.29) is 0 Å². The van der Waals surface area contributed by atoms with E-state index in [1.807, 2.05) is 0 Å². The fourth-order valence-electron chi connectivity index (χ4n) is 3.91. The molecule has 1 unspecified atom stereocenters.